The number of benzene rings is 3. The molecule has 3 aromatic rings. The molecule has 0 fully saturated rings. The van der Waals surface area contributed by atoms with Gasteiger partial charge in [-0.3, -0.25) is 0 Å². The van der Waals surface area contributed by atoms with Crippen molar-refractivity contribution in [2.24, 2.45) is 0 Å². The molecule has 0 unspecified atom stereocenters. The van der Waals surface area contributed by atoms with Gasteiger partial charge in [-0.2, -0.15) is 0 Å². The van der Waals surface area contributed by atoms with Gasteiger partial charge in [0.25, 0.3) is 0 Å². The molecule has 0 bridgehead atoms. The van der Waals surface area contributed by atoms with Crippen LogP contribution in [0, 0.1) is 0 Å². The highest BCUT2D eigenvalue weighted by Crippen LogP contribution is 2.21. The van der Waals surface area contributed by atoms with E-state index >= 15 is 0 Å². The number of hydrogen-bond acceptors (Lipinski definition) is 7. The van der Waals surface area contributed by atoms with Crippen LogP contribution in [0.15, 0.2) is 103 Å². The maximum Gasteiger partial charge on any atom is 0.333 e. The SMILES string of the molecule is CCOC(=O)/C=C/O[C@H](CCC=O)[C@@H](CCCC[C@@H](CCOCc1ccccc1)OCc1ccccc1)OCc1ccccc1. The zero-order valence-electron chi connectivity index (χ0n) is 26.5. The molecule has 0 heterocycles. The number of hydrogen-bond donors (Lipinski definition) is 0. The molecule has 3 atom stereocenters. The van der Waals surface area contributed by atoms with E-state index in [4.69, 9.17) is 23.7 Å². The van der Waals surface area contributed by atoms with E-state index in [0.29, 0.717) is 39.3 Å². The monoisotopic (exact) mass is 616 g/mol. The first-order valence-corrected chi connectivity index (χ1v) is 16.0. The van der Waals surface area contributed by atoms with Gasteiger partial charge in [-0.05, 0) is 49.3 Å². The number of carbonyl (C=O) groups excluding carboxylic acids is 2. The molecule has 0 saturated heterocycles. The summed E-state index contributed by atoms with van der Waals surface area (Å²) in [5.41, 5.74) is 3.36. The highest BCUT2D eigenvalue weighted by atomic mass is 16.5. The molecule has 0 aliphatic heterocycles. The van der Waals surface area contributed by atoms with Gasteiger partial charge in [0.2, 0.25) is 0 Å². The molecule has 3 aromatic carbocycles. The maximum atomic E-state index is 11.8. The van der Waals surface area contributed by atoms with Crippen molar-refractivity contribution < 1.29 is 33.3 Å². The van der Waals surface area contributed by atoms with Gasteiger partial charge in [0.05, 0.1) is 51.0 Å². The van der Waals surface area contributed by atoms with Crippen LogP contribution in [0.5, 0.6) is 0 Å². The van der Waals surface area contributed by atoms with Gasteiger partial charge >= 0.3 is 5.97 Å². The second kappa shape index (κ2) is 22.7. The van der Waals surface area contributed by atoms with E-state index < -0.39 is 5.97 Å². The molecule has 0 N–H and O–H groups in total. The van der Waals surface area contributed by atoms with Crippen molar-refractivity contribution in [1.29, 1.82) is 0 Å². The van der Waals surface area contributed by atoms with Crippen LogP contribution in [0.2, 0.25) is 0 Å². The van der Waals surface area contributed by atoms with Gasteiger partial charge < -0.3 is 28.5 Å². The predicted octanol–water partition coefficient (Wildman–Crippen LogP) is 7.77. The predicted molar refractivity (Wildman–Crippen MR) is 175 cm³/mol. The number of aldehydes is 1. The van der Waals surface area contributed by atoms with Crippen molar-refractivity contribution >= 4 is 12.3 Å². The first-order valence-electron chi connectivity index (χ1n) is 16.0. The Morgan fingerprint density at radius 2 is 1.27 bits per heavy atom. The molecule has 242 valence electrons. The zero-order valence-corrected chi connectivity index (χ0v) is 26.5. The highest BCUT2D eigenvalue weighted by Gasteiger charge is 2.23. The molecule has 0 spiro atoms. The quantitative estimate of drug-likeness (QED) is 0.0334. The van der Waals surface area contributed by atoms with E-state index in [2.05, 4.69) is 24.3 Å². The summed E-state index contributed by atoms with van der Waals surface area (Å²) in [5, 5.41) is 0. The number of carbonyl (C=O) groups is 2. The van der Waals surface area contributed by atoms with Crippen molar-refractivity contribution in [1.82, 2.24) is 0 Å². The summed E-state index contributed by atoms with van der Waals surface area (Å²) in [6.45, 7) is 4.22. The molecule has 0 aliphatic rings. The molecular weight excluding hydrogens is 568 g/mol. The summed E-state index contributed by atoms with van der Waals surface area (Å²) >= 11 is 0. The summed E-state index contributed by atoms with van der Waals surface area (Å²) in [4.78, 5) is 23.1. The molecule has 0 amide bonds. The van der Waals surface area contributed by atoms with E-state index in [9.17, 15) is 9.59 Å². The summed E-state index contributed by atoms with van der Waals surface area (Å²) in [7, 11) is 0. The Morgan fingerprint density at radius 1 is 0.689 bits per heavy atom. The summed E-state index contributed by atoms with van der Waals surface area (Å²) in [6, 6.07) is 30.4. The lowest BCUT2D eigenvalue weighted by Crippen LogP contribution is -2.31. The third kappa shape index (κ3) is 15.7. The molecule has 0 radical (unpaired) electrons. The summed E-state index contributed by atoms with van der Waals surface area (Å²) in [5.74, 6) is -0.470. The summed E-state index contributed by atoms with van der Waals surface area (Å²) < 4.78 is 29.7. The van der Waals surface area contributed by atoms with Crippen molar-refractivity contribution in [3.63, 3.8) is 0 Å². The van der Waals surface area contributed by atoms with E-state index in [1.165, 1.54) is 12.3 Å². The van der Waals surface area contributed by atoms with Crippen molar-refractivity contribution in [3.8, 4) is 0 Å². The van der Waals surface area contributed by atoms with Gasteiger partial charge in [-0.15, -0.1) is 0 Å². The van der Waals surface area contributed by atoms with Gasteiger partial charge in [-0.1, -0.05) is 104 Å². The van der Waals surface area contributed by atoms with E-state index in [1.807, 2.05) is 66.7 Å². The smallest absolute Gasteiger partial charge is 0.333 e. The number of rotatable bonds is 24. The van der Waals surface area contributed by atoms with Gasteiger partial charge in [0, 0.05) is 13.0 Å². The topological polar surface area (TPSA) is 80.3 Å². The Kier molecular flexibility index (Phi) is 18.0. The third-order valence-corrected chi connectivity index (χ3v) is 7.32. The van der Waals surface area contributed by atoms with E-state index in [0.717, 1.165) is 55.1 Å². The first-order chi connectivity index (χ1) is 22.2. The van der Waals surface area contributed by atoms with Crippen LogP contribution in [0.1, 0.15) is 68.6 Å². The minimum atomic E-state index is -0.470. The fraction of sp³-hybridized carbons (Fsp3) is 0.421. The Morgan fingerprint density at radius 3 is 1.87 bits per heavy atom. The number of ether oxygens (including phenoxy) is 5. The largest absolute Gasteiger partial charge is 0.495 e. The third-order valence-electron chi connectivity index (χ3n) is 7.32. The molecule has 0 aliphatic carbocycles. The second-order valence-corrected chi connectivity index (χ2v) is 10.8. The van der Waals surface area contributed by atoms with E-state index in [1.54, 1.807) is 6.92 Å². The van der Waals surface area contributed by atoms with Gasteiger partial charge in [-0.25, -0.2) is 4.79 Å². The first kappa shape index (κ1) is 35.7. The Bertz CT molecular complexity index is 1200. The molecule has 0 saturated carbocycles. The molecular formula is C38H48O7. The minimum Gasteiger partial charge on any atom is -0.495 e. The lowest BCUT2D eigenvalue weighted by molar-refractivity contribution is -0.137. The Labute approximate surface area is 268 Å². The van der Waals surface area contributed by atoms with Crippen LogP contribution in [0.3, 0.4) is 0 Å². The fourth-order valence-corrected chi connectivity index (χ4v) is 4.91. The zero-order chi connectivity index (χ0) is 31.8. The average molecular weight is 617 g/mol. The minimum absolute atomic E-state index is 0.0549. The molecule has 3 rings (SSSR count). The Balaban J connectivity index is 1.57. The molecule has 0 aromatic heterocycles. The molecule has 7 nitrogen and oxygen atoms in total. The number of esters is 1. The second-order valence-electron chi connectivity index (χ2n) is 10.8. The van der Waals surface area contributed by atoms with Crippen LogP contribution in [-0.2, 0) is 53.1 Å². The lowest BCUT2D eigenvalue weighted by atomic mass is 10.0. The van der Waals surface area contributed by atoms with E-state index in [-0.39, 0.29) is 24.9 Å². The molecule has 7 heteroatoms. The highest BCUT2D eigenvalue weighted by molar-refractivity contribution is 5.81. The van der Waals surface area contributed by atoms with Gasteiger partial charge in [0.15, 0.2) is 0 Å². The Hall–Kier alpha value is -3.78. The normalized spacial score (nSPS) is 13.3. The van der Waals surface area contributed by atoms with Crippen LogP contribution in [0.25, 0.3) is 0 Å². The molecule has 45 heavy (non-hydrogen) atoms. The van der Waals surface area contributed by atoms with Crippen LogP contribution in [0.4, 0.5) is 0 Å². The van der Waals surface area contributed by atoms with Gasteiger partial charge in [0.1, 0.15) is 12.4 Å². The van der Waals surface area contributed by atoms with Crippen LogP contribution in [-0.4, -0.2) is 43.8 Å². The van der Waals surface area contributed by atoms with Crippen LogP contribution < -0.4 is 0 Å². The lowest BCUT2D eigenvalue weighted by Gasteiger charge is -2.27. The van der Waals surface area contributed by atoms with Crippen LogP contribution >= 0.6 is 0 Å². The average Bonchev–Trinajstić information content (AvgIpc) is 3.08. The summed E-state index contributed by atoms with van der Waals surface area (Å²) in [6.07, 6.45) is 7.96. The van der Waals surface area contributed by atoms with Crippen molar-refractivity contribution in [3.05, 3.63) is 120 Å². The maximum absolute atomic E-state index is 11.8. The fourth-order valence-electron chi connectivity index (χ4n) is 4.91. The van der Waals surface area contributed by atoms with Crippen molar-refractivity contribution in [2.45, 2.75) is 90.0 Å². The standard InChI is InChI=1S/C38H48O7/c1-2-42-38(40)25-28-43-36(23-14-26-39)37(45-31-34-19-10-5-11-20-34)22-13-12-21-35(44-30-33-17-8-4-9-18-33)24-27-41-29-32-15-6-3-7-16-32/h3-11,15-20,25-26,28,35-37H,2,12-14,21-24,27,29-31H2,1H3/b28-25+/t35-,36+,37+/m0/s1. The van der Waals surface area contributed by atoms with Crippen molar-refractivity contribution in [2.75, 3.05) is 13.2 Å². The number of unbranched alkanes of at least 4 members (excludes halogenated alkanes) is 1.